The van der Waals surface area contributed by atoms with Gasteiger partial charge >= 0.3 is 0 Å². The summed E-state index contributed by atoms with van der Waals surface area (Å²) >= 11 is 1.69. The lowest BCUT2D eigenvalue weighted by Gasteiger charge is -2.26. The summed E-state index contributed by atoms with van der Waals surface area (Å²) in [5, 5.41) is 3.02. The van der Waals surface area contributed by atoms with Crippen LogP contribution in [0.15, 0.2) is 41.3 Å². The highest BCUT2D eigenvalue weighted by atomic mass is 32.2. The number of amides is 1. The van der Waals surface area contributed by atoms with Gasteiger partial charge in [-0.2, -0.15) is 0 Å². The largest absolute Gasteiger partial charge is 0.497 e. The summed E-state index contributed by atoms with van der Waals surface area (Å²) in [5.74, 6) is 1.80. The average Bonchev–Trinajstić information content (AvgIpc) is 2.62. The lowest BCUT2D eigenvalue weighted by Crippen LogP contribution is -2.32. The molecule has 2 aromatic rings. The van der Waals surface area contributed by atoms with Crippen LogP contribution in [0, 0.1) is 5.82 Å². The van der Waals surface area contributed by atoms with Crippen LogP contribution in [0.1, 0.15) is 23.6 Å². The molecule has 0 aliphatic carbocycles. The van der Waals surface area contributed by atoms with Crippen molar-refractivity contribution in [3.8, 4) is 11.5 Å². The van der Waals surface area contributed by atoms with Crippen LogP contribution in [0.25, 0.3) is 0 Å². The lowest BCUT2D eigenvalue weighted by atomic mass is 10.0. The van der Waals surface area contributed by atoms with E-state index in [0.717, 1.165) is 28.2 Å². The van der Waals surface area contributed by atoms with E-state index in [1.165, 1.54) is 12.1 Å². The van der Waals surface area contributed by atoms with Crippen molar-refractivity contribution in [2.75, 3.05) is 20.0 Å². The van der Waals surface area contributed by atoms with Gasteiger partial charge in [0, 0.05) is 16.2 Å². The number of carbonyl (C=O) groups excluding carboxylic acids is 1. The van der Waals surface area contributed by atoms with Crippen LogP contribution in [0.2, 0.25) is 0 Å². The number of nitrogens with one attached hydrogen (secondary N) is 1. The quantitative estimate of drug-likeness (QED) is 0.881. The van der Waals surface area contributed by atoms with Crippen LogP contribution in [0.5, 0.6) is 11.5 Å². The van der Waals surface area contributed by atoms with Gasteiger partial charge in [0.05, 0.1) is 26.7 Å². The molecule has 25 heavy (non-hydrogen) atoms. The fraction of sp³-hybridized carbons (Fsp3) is 0.316. The molecule has 0 fully saturated rings. The maximum atomic E-state index is 13.6. The van der Waals surface area contributed by atoms with Crippen LogP contribution < -0.4 is 14.8 Å². The van der Waals surface area contributed by atoms with Crippen LogP contribution >= 0.6 is 11.8 Å². The standard InChI is InChI=1S/C19H20FNO3S/c1-23-14-4-5-17(24-2)12(9-14)10-19(22)21-16-7-8-25-18-6-3-13(20)11-15(16)18/h3-6,9,11,16H,7-8,10H2,1-2H3,(H,21,22). The van der Waals surface area contributed by atoms with Gasteiger partial charge in [0.2, 0.25) is 5.91 Å². The van der Waals surface area contributed by atoms with Gasteiger partial charge in [0.15, 0.2) is 0 Å². The molecular formula is C19H20FNO3S. The van der Waals surface area contributed by atoms with E-state index in [1.54, 1.807) is 50.2 Å². The van der Waals surface area contributed by atoms with E-state index in [0.29, 0.717) is 11.5 Å². The predicted molar refractivity (Wildman–Crippen MR) is 95.9 cm³/mol. The molecule has 2 aromatic carbocycles. The number of thioether (sulfide) groups is 1. The molecule has 1 aliphatic rings. The molecule has 0 bridgehead atoms. The van der Waals surface area contributed by atoms with Crippen LogP contribution in [0.4, 0.5) is 4.39 Å². The molecular weight excluding hydrogens is 341 g/mol. The first-order chi connectivity index (χ1) is 12.1. The maximum absolute atomic E-state index is 13.6. The highest BCUT2D eigenvalue weighted by Crippen LogP contribution is 2.36. The van der Waals surface area contributed by atoms with E-state index >= 15 is 0 Å². The van der Waals surface area contributed by atoms with Crippen molar-refractivity contribution in [1.29, 1.82) is 0 Å². The second kappa shape index (κ2) is 7.78. The van der Waals surface area contributed by atoms with Crippen molar-refractivity contribution in [1.82, 2.24) is 5.32 Å². The van der Waals surface area contributed by atoms with Gasteiger partial charge in [-0.1, -0.05) is 0 Å². The van der Waals surface area contributed by atoms with E-state index in [-0.39, 0.29) is 24.2 Å². The fourth-order valence-electron chi connectivity index (χ4n) is 2.95. The van der Waals surface area contributed by atoms with E-state index in [4.69, 9.17) is 9.47 Å². The Balaban J connectivity index is 1.75. The smallest absolute Gasteiger partial charge is 0.225 e. The minimum atomic E-state index is -0.282. The SMILES string of the molecule is COc1ccc(OC)c(CC(=O)NC2CCSc3ccc(F)cc32)c1. The molecule has 1 aliphatic heterocycles. The number of ether oxygens (including phenoxy) is 2. The van der Waals surface area contributed by atoms with Gasteiger partial charge in [-0.25, -0.2) is 4.39 Å². The van der Waals surface area contributed by atoms with E-state index in [2.05, 4.69) is 5.32 Å². The zero-order chi connectivity index (χ0) is 17.8. The second-order valence-electron chi connectivity index (χ2n) is 5.79. The highest BCUT2D eigenvalue weighted by Gasteiger charge is 2.23. The molecule has 1 unspecified atom stereocenters. The molecule has 0 saturated heterocycles. The van der Waals surface area contributed by atoms with Gasteiger partial charge in [-0.3, -0.25) is 4.79 Å². The molecule has 0 aromatic heterocycles. The number of hydrogen-bond acceptors (Lipinski definition) is 4. The van der Waals surface area contributed by atoms with Gasteiger partial charge < -0.3 is 14.8 Å². The van der Waals surface area contributed by atoms with Gasteiger partial charge in [-0.15, -0.1) is 11.8 Å². The molecule has 1 N–H and O–H groups in total. The number of halogens is 1. The number of fused-ring (bicyclic) bond motifs is 1. The summed E-state index contributed by atoms with van der Waals surface area (Å²) < 4.78 is 24.1. The van der Waals surface area contributed by atoms with Crippen molar-refractivity contribution >= 4 is 17.7 Å². The van der Waals surface area contributed by atoms with Crippen LogP contribution in [-0.4, -0.2) is 25.9 Å². The van der Waals surface area contributed by atoms with E-state index in [1.807, 2.05) is 0 Å². The molecule has 0 radical (unpaired) electrons. The Kier molecular flexibility index (Phi) is 5.48. The van der Waals surface area contributed by atoms with Crippen molar-refractivity contribution < 1.29 is 18.7 Å². The number of hydrogen-bond donors (Lipinski definition) is 1. The number of rotatable bonds is 5. The Morgan fingerprint density at radius 2 is 2.08 bits per heavy atom. The molecule has 1 amide bonds. The Bertz CT molecular complexity index is 781. The lowest BCUT2D eigenvalue weighted by molar-refractivity contribution is -0.121. The zero-order valence-electron chi connectivity index (χ0n) is 14.2. The third-order valence-electron chi connectivity index (χ3n) is 4.19. The Morgan fingerprint density at radius 1 is 1.24 bits per heavy atom. The molecule has 0 saturated carbocycles. The summed E-state index contributed by atoms with van der Waals surface area (Å²) in [6.45, 7) is 0. The molecule has 6 heteroatoms. The summed E-state index contributed by atoms with van der Waals surface area (Å²) in [4.78, 5) is 13.6. The molecule has 1 heterocycles. The molecule has 3 rings (SSSR count). The Morgan fingerprint density at radius 3 is 2.84 bits per heavy atom. The number of benzene rings is 2. The monoisotopic (exact) mass is 361 g/mol. The Labute approximate surface area is 150 Å². The van der Waals surface area contributed by atoms with Crippen molar-refractivity contribution in [3.63, 3.8) is 0 Å². The van der Waals surface area contributed by atoms with Crippen molar-refractivity contribution in [2.24, 2.45) is 0 Å². The van der Waals surface area contributed by atoms with Gasteiger partial charge in [-0.05, 0) is 48.4 Å². The maximum Gasteiger partial charge on any atom is 0.225 e. The van der Waals surface area contributed by atoms with E-state index in [9.17, 15) is 9.18 Å². The van der Waals surface area contributed by atoms with Crippen molar-refractivity contribution in [2.45, 2.75) is 23.8 Å². The minimum Gasteiger partial charge on any atom is -0.497 e. The average molecular weight is 361 g/mol. The first kappa shape index (κ1) is 17.6. The molecule has 4 nitrogen and oxygen atoms in total. The van der Waals surface area contributed by atoms with Crippen LogP contribution in [0.3, 0.4) is 0 Å². The van der Waals surface area contributed by atoms with E-state index < -0.39 is 0 Å². The third-order valence-corrected chi connectivity index (χ3v) is 5.31. The number of methoxy groups -OCH3 is 2. The summed E-state index contributed by atoms with van der Waals surface area (Å²) in [6, 6.07) is 9.94. The molecule has 132 valence electrons. The summed E-state index contributed by atoms with van der Waals surface area (Å²) in [5.41, 5.74) is 1.60. The van der Waals surface area contributed by atoms with Gasteiger partial charge in [0.25, 0.3) is 0 Å². The predicted octanol–water partition coefficient (Wildman–Crippen LogP) is 3.74. The first-order valence-electron chi connectivity index (χ1n) is 8.03. The van der Waals surface area contributed by atoms with Crippen molar-refractivity contribution in [3.05, 3.63) is 53.3 Å². The molecule has 1 atom stereocenters. The summed E-state index contributed by atoms with van der Waals surface area (Å²) in [7, 11) is 3.15. The molecule has 0 spiro atoms. The zero-order valence-corrected chi connectivity index (χ0v) is 15.0. The topological polar surface area (TPSA) is 47.6 Å². The van der Waals surface area contributed by atoms with Crippen LogP contribution in [-0.2, 0) is 11.2 Å². The first-order valence-corrected chi connectivity index (χ1v) is 9.02. The third kappa shape index (κ3) is 4.07. The fourth-order valence-corrected chi connectivity index (χ4v) is 4.06. The number of carbonyl (C=O) groups is 1. The Hall–Kier alpha value is -2.21. The second-order valence-corrected chi connectivity index (χ2v) is 6.93. The van der Waals surface area contributed by atoms with Gasteiger partial charge in [0.1, 0.15) is 17.3 Å². The summed E-state index contributed by atoms with van der Waals surface area (Å²) in [6.07, 6.45) is 0.955. The normalized spacial score (nSPS) is 16.0. The highest BCUT2D eigenvalue weighted by molar-refractivity contribution is 7.99. The minimum absolute atomic E-state index is 0.126.